The molecule has 1 aromatic carbocycles. The lowest BCUT2D eigenvalue weighted by Gasteiger charge is -2.29. The van der Waals surface area contributed by atoms with Gasteiger partial charge in [-0.05, 0) is 30.3 Å². The number of rotatable bonds is 0. The molecule has 0 bridgehead atoms. The van der Waals surface area contributed by atoms with Crippen LogP contribution in [0.1, 0.15) is 25.0 Å². The van der Waals surface area contributed by atoms with Crippen molar-refractivity contribution >= 4 is 51.9 Å². The Hall–Kier alpha value is -2.06. The van der Waals surface area contributed by atoms with Gasteiger partial charge < -0.3 is 10.2 Å². The van der Waals surface area contributed by atoms with E-state index in [1.165, 1.54) is 18.7 Å². The smallest absolute Gasteiger partial charge is 0.270 e. The van der Waals surface area contributed by atoms with Crippen LogP contribution in [0.15, 0.2) is 17.2 Å². The number of fused-ring (bicyclic) bond motifs is 2. The van der Waals surface area contributed by atoms with Gasteiger partial charge in [0.05, 0.1) is 5.69 Å². The van der Waals surface area contributed by atoms with E-state index in [1.54, 1.807) is 13.1 Å². The van der Waals surface area contributed by atoms with Crippen LogP contribution in [0, 0.1) is 6.92 Å². The molecule has 3 amide bonds. The van der Waals surface area contributed by atoms with E-state index in [0.29, 0.717) is 16.3 Å². The van der Waals surface area contributed by atoms with Crippen LogP contribution in [-0.2, 0) is 19.3 Å². The van der Waals surface area contributed by atoms with Crippen molar-refractivity contribution in [3.8, 4) is 0 Å². The van der Waals surface area contributed by atoms with E-state index < -0.39 is 10.8 Å². The van der Waals surface area contributed by atoms with Gasteiger partial charge in [0.15, 0.2) is 5.17 Å². The molecule has 0 unspecified atom stereocenters. The largest absolute Gasteiger partial charge is 0.312 e. The van der Waals surface area contributed by atoms with Crippen molar-refractivity contribution in [2.45, 2.75) is 25.6 Å². The number of benzene rings is 1. The molecule has 2 aliphatic rings. The van der Waals surface area contributed by atoms with E-state index in [2.05, 4.69) is 10.4 Å². The lowest BCUT2D eigenvalue weighted by atomic mass is 10.0. The number of halogens is 1. The second-order valence-corrected chi connectivity index (χ2v) is 7.20. The molecule has 0 fully saturated rings. The van der Waals surface area contributed by atoms with E-state index in [1.807, 2.05) is 13.0 Å². The molecule has 0 saturated heterocycles. The third kappa shape index (κ3) is 2.13. The van der Waals surface area contributed by atoms with Crippen molar-refractivity contribution < 1.29 is 14.4 Å². The van der Waals surface area contributed by atoms with Crippen LogP contribution in [0.4, 0.5) is 5.69 Å². The molecule has 126 valence electrons. The zero-order valence-electron chi connectivity index (χ0n) is 13.5. The fourth-order valence-corrected chi connectivity index (χ4v) is 4.74. The van der Waals surface area contributed by atoms with Gasteiger partial charge >= 0.3 is 0 Å². The molecule has 0 aromatic heterocycles. The van der Waals surface area contributed by atoms with Crippen LogP contribution in [-0.4, -0.2) is 34.9 Å². The van der Waals surface area contributed by atoms with Crippen molar-refractivity contribution in [1.29, 1.82) is 0 Å². The van der Waals surface area contributed by atoms with Crippen molar-refractivity contribution in [3.63, 3.8) is 0 Å². The molecule has 7 nitrogen and oxygen atoms in total. The van der Waals surface area contributed by atoms with Crippen LogP contribution < -0.4 is 10.2 Å². The predicted molar refractivity (Wildman–Crippen MR) is 92.6 cm³/mol. The Labute approximate surface area is 148 Å². The van der Waals surface area contributed by atoms with E-state index in [-0.39, 0.29) is 17.0 Å². The zero-order chi connectivity index (χ0) is 17.8. The lowest BCUT2D eigenvalue weighted by Crippen LogP contribution is -2.47. The molecule has 0 aliphatic carbocycles. The van der Waals surface area contributed by atoms with Gasteiger partial charge in [0.1, 0.15) is 0 Å². The number of nitrogens with one attached hydrogen (secondary N) is 1. The minimum absolute atomic E-state index is 0.185. The Balaban J connectivity index is 2.25. The highest BCUT2D eigenvalue weighted by molar-refractivity contribution is 8.15. The quantitative estimate of drug-likeness (QED) is 0.758. The molecule has 9 heteroatoms. The Morgan fingerprint density at radius 1 is 1.33 bits per heavy atom. The molecule has 1 atom stereocenters. The summed E-state index contributed by atoms with van der Waals surface area (Å²) in [6, 6.07) is 3.51. The minimum Gasteiger partial charge on any atom is -0.312 e. The molecular weight excluding hydrogens is 352 g/mol. The fraction of sp³-hybridized carbons (Fsp3) is 0.333. The summed E-state index contributed by atoms with van der Waals surface area (Å²) >= 11 is 7.41. The zero-order valence-corrected chi connectivity index (χ0v) is 15.1. The maximum absolute atomic E-state index is 13.1. The lowest BCUT2D eigenvalue weighted by molar-refractivity contribution is -0.139. The first-order valence-electron chi connectivity index (χ1n) is 7.14. The average Bonchev–Trinajstić information content (AvgIpc) is 2.96. The van der Waals surface area contributed by atoms with Gasteiger partial charge in [-0.2, -0.15) is 5.01 Å². The Bertz CT molecular complexity index is 825. The number of hydrazone groups is 1. The van der Waals surface area contributed by atoms with E-state index in [0.717, 1.165) is 22.3 Å². The highest BCUT2D eigenvalue weighted by Gasteiger charge is 2.61. The van der Waals surface area contributed by atoms with Gasteiger partial charge in [-0.25, -0.2) is 0 Å². The highest BCUT2D eigenvalue weighted by atomic mass is 35.5. The number of nitrogens with zero attached hydrogens (tertiary/aromatic N) is 3. The molecule has 1 aromatic rings. The van der Waals surface area contributed by atoms with Gasteiger partial charge in [-0.15, -0.1) is 5.10 Å². The van der Waals surface area contributed by atoms with Crippen LogP contribution in [0.3, 0.4) is 0 Å². The minimum atomic E-state index is -1.43. The number of hydrogen-bond acceptors (Lipinski definition) is 5. The first-order chi connectivity index (χ1) is 11.2. The molecule has 3 rings (SSSR count). The maximum Gasteiger partial charge on any atom is 0.270 e. The summed E-state index contributed by atoms with van der Waals surface area (Å²) < 4.78 is 0. The molecule has 24 heavy (non-hydrogen) atoms. The van der Waals surface area contributed by atoms with Crippen LogP contribution >= 0.6 is 23.4 Å². The van der Waals surface area contributed by atoms with Crippen molar-refractivity contribution in [1.82, 2.24) is 10.3 Å². The number of carbonyl (C=O) groups excluding carboxylic acids is 3. The summed E-state index contributed by atoms with van der Waals surface area (Å²) in [5, 5.41) is 8.34. The normalized spacial score (nSPS) is 22.0. The SMILES string of the molecule is CC(=O)NC1=NN(C(C)=O)[C@]2(S1)C(=O)N(C)c1c(C)ccc(Cl)c12. The van der Waals surface area contributed by atoms with Gasteiger partial charge in [0, 0.05) is 31.5 Å². The number of aryl methyl sites for hydroxylation is 1. The number of carbonyl (C=O) groups is 3. The number of thioether (sulfide) groups is 1. The average molecular weight is 367 g/mol. The summed E-state index contributed by atoms with van der Waals surface area (Å²) in [6.45, 7) is 4.52. The standard InChI is InChI=1S/C15H15ClN4O3S/c1-7-5-6-10(16)11-12(7)19(4)13(23)15(11)20(9(3)22)18-14(24-15)17-8(2)21/h5-6H,1-4H3,(H,17,18,21)/t15-/m1/s1. The second-order valence-electron chi connectivity index (χ2n) is 5.62. The first-order valence-corrected chi connectivity index (χ1v) is 8.33. The number of anilines is 1. The molecule has 0 saturated carbocycles. The number of amides is 3. The monoisotopic (exact) mass is 366 g/mol. The number of hydrogen-bond donors (Lipinski definition) is 1. The molecule has 0 radical (unpaired) electrons. The fourth-order valence-electron chi connectivity index (χ4n) is 3.01. The van der Waals surface area contributed by atoms with Crippen LogP contribution in [0.25, 0.3) is 0 Å². The predicted octanol–water partition coefficient (Wildman–Crippen LogP) is 1.78. The summed E-state index contributed by atoms with van der Waals surface area (Å²) in [5.74, 6) is -1.09. The summed E-state index contributed by atoms with van der Waals surface area (Å²) in [5.41, 5.74) is 2.03. The van der Waals surface area contributed by atoms with Crippen molar-refractivity contribution in [3.05, 3.63) is 28.3 Å². The maximum atomic E-state index is 13.1. The molecule has 1 N–H and O–H groups in total. The van der Waals surface area contributed by atoms with Crippen LogP contribution in [0.2, 0.25) is 5.02 Å². The third-order valence-corrected chi connectivity index (χ3v) is 5.45. The summed E-state index contributed by atoms with van der Waals surface area (Å²) in [7, 11) is 1.63. The second kappa shape index (κ2) is 5.49. The third-order valence-electron chi connectivity index (χ3n) is 3.91. The summed E-state index contributed by atoms with van der Waals surface area (Å²) in [4.78, 5) is 36.7. The molecule has 1 spiro atoms. The van der Waals surface area contributed by atoms with Crippen molar-refractivity contribution in [2.75, 3.05) is 11.9 Å². The Morgan fingerprint density at radius 2 is 2.00 bits per heavy atom. The van der Waals surface area contributed by atoms with Gasteiger partial charge in [0.25, 0.3) is 5.91 Å². The molecular formula is C15H15ClN4O3S. The Morgan fingerprint density at radius 3 is 2.58 bits per heavy atom. The number of amidine groups is 1. The highest BCUT2D eigenvalue weighted by Crippen LogP contribution is 2.56. The van der Waals surface area contributed by atoms with E-state index in [9.17, 15) is 14.4 Å². The van der Waals surface area contributed by atoms with Gasteiger partial charge in [-0.3, -0.25) is 14.4 Å². The topological polar surface area (TPSA) is 82.1 Å². The Kier molecular flexibility index (Phi) is 3.84. The van der Waals surface area contributed by atoms with Crippen molar-refractivity contribution in [2.24, 2.45) is 5.10 Å². The molecule has 2 aliphatic heterocycles. The summed E-state index contributed by atoms with van der Waals surface area (Å²) in [6.07, 6.45) is 0. The van der Waals surface area contributed by atoms with E-state index in [4.69, 9.17) is 11.6 Å². The van der Waals surface area contributed by atoms with Gasteiger partial charge in [0.2, 0.25) is 16.7 Å². The molecule has 2 heterocycles. The first kappa shape index (κ1) is 16.8. The van der Waals surface area contributed by atoms with Crippen LogP contribution in [0.5, 0.6) is 0 Å². The van der Waals surface area contributed by atoms with E-state index >= 15 is 0 Å². The van der Waals surface area contributed by atoms with Gasteiger partial charge in [-0.1, -0.05) is 17.7 Å². The number of likely N-dealkylation sites (N-methyl/N-ethyl adjacent to an activating group) is 1.